The summed E-state index contributed by atoms with van der Waals surface area (Å²) in [5.74, 6) is 0.760. The van der Waals surface area contributed by atoms with Gasteiger partial charge in [0.25, 0.3) is 5.91 Å². The van der Waals surface area contributed by atoms with Crippen molar-refractivity contribution in [3.63, 3.8) is 0 Å². The number of rotatable bonds is 5. The number of imidazole rings is 1. The van der Waals surface area contributed by atoms with Crippen molar-refractivity contribution in [3.8, 4) is 0 Å². The summed E-state index contributed by atoms with van der Waals surface area (Å²) in [6, 6.07) is 5.82. The Hall–Kier alpha value is -2.30. The van der Waals surface area contributed by atoms with Crippen molar-refractivity contribution < 1.29 is 4.79 Å². The minimum atomic E-state index is -0.0163. The lowest BCUT2D eigenvalue weighted by Crippen LogP contribution is -2.27. The number of H-pyrrole nitrogens is 1. The van der Waals surface area contributed by atoms with E-state index in [1.165, 1.54) is 0 Å². The highest BCUT2D eigenvalue weighted by Gasteiger charge is 2.16. The smallest absolute Gasteiger partial charge is 0.256 e. The monoisotopic (exact) mass is 272 g/mol. The van der Waals surface area contributed by atoms with Crippen LogP contribution in [0.5, 0.6) is 0 Å². The Kier molecular flexibility index (Phi) is 4.40. The Morgan fingerprint density at radius 1 is 1.45 bits per heavy atom. The first-order chi connectivity index (χ1) is 9.61. The second-order valence-electron chi connectivity index (χ2n) is 4.78. The molecule has 0 fully saturated rings. The first-order valence-corrected chi connectivity index (χ1v) is 6.70. The van der Waals surface area contributed by atoms with E-state index in [9.17, 15) is 4.79 Å². The molecular formula is C15H20N4O. The lowest BCUT2D eigenvalue weighted by Gasteiger charge is -2.18. The SMILES string of the molecule is CCNc1cc(C)ccc1C(=O)N(C)Cc1ncc[nH]1. The number of hydrogen-bond acceptors (Lipinski definition) is 3. The number of carbonyl (C=O) groups excluding carboxylic acids is 1. The molecule has 0 atom stereocenters. The molecule has 2 N–H and O–H groups in total. The summed E-state index contributed by atoms with van der Waals surface area (Å²) in [5, 5.41) is 3.24. The normalized spacial score (nSPS) is 10.3. The highest BCUT2D eigenvalue weighted by atomic mass is 16.2. The van der Waals surface area contributed by atoms with Gasteiger partial charge in [0, 0.05) is 31.7 Å². The van der Waals surface area contributed by atoms with Crippen LogP contribution in [-0.4, -0.2) is 34.4 Å². The van der Waals surface area contributed by atoms with E-state index in [-0.39, 0.29) is 5.91 Å². The molecule has 106 valence electrons. The van der Waals surface area contributed by atoms with E-state index in [1.54, 1.807) is 24.3 Å². The van der Waals surface area contributed by atoms with E-state index in [1.807, 2.05) is 32.0 Å². The Bertz CT molecular complexity index is 578. The van der Waals surface area contributed by atoms with Crippen LogP contribution in [-0.2, 0) is 6.54 Å². The van der Waals surface area contributed by atoms with E-state index < -0.39 is 0 Å². The van der Waals surface area contributed by atoms with E-state index in [4.69, 9.17) is 0 Å². The van der Waals surface area contributed by atoms with Crippen molar-refractivity contribution in [2.24, 2.45) is 0 Å². The molecule has 0 aliphatic carbocycles. The van der Waals surface area contributed by atoms with Crippen molar-refractivity contribution in [2.45, 2.75) is 20.4 Å². The molecule has 0 aliphatic heterocycles. The first kappa shape index (κ1) is 14.1. The molecule has 2 rings (SSSR count). The van der Waals surface area contributed by atoms with Gasteiger partial charge in [-0.25, -0.2) is 4.98 Å². The molecule has 5 heteroatoms. The number of aromatic amines is 1. The van der Waals surface area contributed by atoms with Gasteiger partial charge in [0.1, 0.15) is 5.82 Å². The fourth-order valence-electron chi connectivity index (χ4n) is 2.07. The highest BCUT2D eigenvalue weighted by Crippen LogP contribution is 2.19. The molecule has 0 saturated carbocycles. The molecule has 2 aromatic rings. The standard InChI is InChI=1S/C15H20N4O/c1-4-16-13-9-11(2)5-6-12(13)15(20)19(3)10-14-17-7-8-18-14/h5-9,16H,4,10H2,1-3H3,(H,17,18). The van der Waals surface area contributed by atoms with Crippen molar-refractivity contribution >= 4 is 11.6 Å². The molecule has 1 aromatic heterocycles. The zero-order chi connectivity index (χ0) is 14.5. The Balaban J connectivity index is 2.19. The van der Waals surface area contributed by atoms with Crippen molar-refractivity contribution in [1.82, 2.24) is 14.9 Å². The minimum Gasteiger partial charge on any atom is -0.385 e. The molecule has 0 saturated heterocycles. The van der Waals surface area contributed by atoms with Gasteiger partial charge in [0.05, 0.1) is 12.1 Å². The molecule has 1 aromatic carbocycles. The summed E-state index contributed by atoms with van der Waals surface area (Å²) in [4.78, 5) is 21.3. The van der Waals surface area contributed by atoms with E-state index in [2.05, 4.69) is 15.3 Å². The fraction of sp³-hybridized carbons (Fsp3) is 0.333. The van der Waals surface area contributed by atoms with Gasteiger partial charge in [0.15, 0.2) is 0 Å². The number of hydrogen-bond donors (Lipinski definition) is 2. The number of anilines is 1. The zero-order valence-corrected chi connectivity index (χ0v) is 12.1. The van der Waals surface area contributed by atoms with E-state index >= 15 is 0 Å². The van der Waals surface area contributed by atoms with Gasteiger partial charge >= 0.3 is 0 Å². The van der Waals surface area contributed by atoms with E-state index in [0.29, 0.717) is 12.1 Å². The van der Waals surface area contributed by atoms with Crippen molar-refractivity contribution in [2.75, 3.05) is 18.9 Å². The van der Waals surface area contributed by atoms with Crippen LogP contribution < -0.4 is 5.32 Å². The van der Waals surface area contributed by atoms with Crippen LogP contribution in [0.4, 0.5) is 5.69 Å². The quantitative estimate of drug-likeness (QED) is 0.878. The van der Waals surface area contributed by atoms with Gasteiger partial charge in [0.2, 0.25) is 0 Å². The van der Waals surface area contributed by atoms with Gasteiger partial charge in [-0.3, -0.25) is 4.79 Å². The maximum Gasteiger partial charge on any atom is 0.256 e. The zero-order valence-electron chi connectivity index (χ0n) is 12.1. The Labute approximate surface area is 119 Å². The summed E-state index contributed by atoms with van der Waals surface area (Å²) >= 11 is 0. The molecule has 5 nitrogen and oxygen atoms in total. The van der Waals surface area contributed by atoms with Gasteiger partial charge in [-0.05, 0) is 31.5 Å². The largest absolute Gasteiger partial charge is 0.385 e. The molecule has 20 heavy (non-hydrogen) atoms. The Morgan fingerprint density at radius 3 is 2.90 bits per heavy atom. The number of nitrogens with zero attached hydrogens (tertiary/aromatic N) is 2. The topological polar surface area (TPSA) is 61.0 Å². The molecule has 0 bridgehead atoms. The van der Waals surface area contributed by atoms with Gasteiger partial charge < -0.3 is 15.2 Å². The van der Waals surface area contributed by atoms with Crippen LogP contribution in [0.25, 0.3) is 0 Å². The van der Waals surface area contributed by atoms with Crippen molar-refractivity contribution in [1.29, 1.82) is 0 Å². The second kappa shape index (κ2) is 6.23. The van der Waals surface area contributed by atoms with Crippen molar-refractivity contribution in [3.05, 3.63) is 47.5 Å². The second-order valence-corrected chi connectivity index (χ2v) is 4.78. The van der Waals surface area contributed by atoms with E-state index in [0.717, 1.165) is 23.6 Å². The van der Waals surface area contributed by atoms with Crippen LogP contribution in [0.15, 0.2) is 30.6 Å². The summed E-state index contributed by atoms with van der Waals surface area (Å²) in [6.07, 6.45) is 3.44. The molecule has 0 radical (unpaired) electrons. The summed E-state index contributed by atoms with van der Waals surface area (Å²) in [7, 11) is 1.78. The first-order valence-electron chi connectivity index (χ1n) is 6.70. The average molecular weight is 272 g/mol. The number of carbonyl (C=O) groups is 1. The highest BCUT2D eigenvalue weighted by molar-refractivity contribution is 5.99. The number of amides is 1. The van der Waals surface area contributed by atoms with Crippen LogP contribution in [0.3, 0.4) is 0 Å². The van der Waals surface area contributed by atoms with Gasteiger partial charge in [-0.15, -0.1) is 0 Å². The lowest BCUT2D eigenvalue weighted by atomic mass is 10.1. The molecule has 0 unspecified atom stereocenters. The fourth-order valence-corrected chi connectivity index (χ4v) is 2.07. The minimum absolute atomic E-state index is 0.0163. The third-order valence-corrected chi connectivity index (χ3v) is 3.06. The molecule has 1 amide bonds. The summed E-state index contributed by atoms with van der Waals surface area (Å²) in [5.41, 5.74) is 2.70. The maximum absolute atomic E-state index is 12.5. The molecule has 0 aliphatic rings. The van der Waals surface area contributed by atoms with Gasteiger partial charge in [-0.2, -0.15) is 0 Å². The third-order valence-electron chi connectivity index (χ3n) is 3.06. The van der Waals surface area contributed by atoms with Crippen LogP contribution in [0.2, 0.25) is 0 Å². The van der Waals surface area contributed by atoms with Gasteiger partial charge in [-0.1, -0.05) is 6.07 Å². The third kappa shape index (κ3) is 3.17. The average Bonchev–Trinajstić information content (AvgIpc) is 2.91. The van der Waals surface area contributed by atoms with Crippen LogP contribution in [0.1, 0.15) is 28.7 Å². The van der Waals surface area contributed by atoms with Crippen LogP contribution >= 0.6 is 0 Å². The lowest BCUT2D eigenvalue weighted by molar-refractivity contribution is 0.0783. The summed E-state index contributed by atoms with van der Waals surface area (Å²) < 4.78 is 0. The number of aromatic nitrogens is 2. The van der Waals surface area contributed by atoms with Crippen LogP contribution in [0, 0.1) is 6.92 Å². The predicted molar refractivity (Wildman–Crippen MR) is 79.7 cm³/mol. The number of nitrogens with one attached hydrogen (secondary N) is 2. The molecule has 1 heterocycles. The summed E-state index contributed by atoms with van der Waals surface area (Å²) in [6.45, 7) is 5.28. The Morgan fingerprint density at radius 2 is 2.25 bits per heavy atom. The molecule has 0 spiro atoms. The molecular weight excluding hydrogens is 252 g/mol. The maximum atomic E-state index is 12.5. The predicted octanol–water partition coefficient (Wildman–Crippen LogP) is 2.42. The number of benzene rings is 1. The number of aryl methyl sites for hydroxylation is 1.